The number of nitrogens with one attached hydrogen (secondary N) is 1. The van der Waals surface area contributed by atoms with Gasteiger partial charge in [0, 0.05) is 26.5 Å². The van der Waals surface area contributed by atoms with Gasteiger partial charge in [-0.3, -0.25) is 4.79 Å². The zero-order valence-electron chi connectivity index (χ0n) is 10.4. The van der Waals surface area contributed by atoms with Crippen LogP contribution >= 0.6 is 0 Å². The predicted octanol–water partition coefficient (Wildman–Crippen LogP) is 1.35. The molecule has 0 saturated heterocycles. The molecule has 6 heteroatoms. The Hall–Kier alpha value is -1.69. The molecule has 1 amide bonds. The minimum absolute atomic E-state index is 0.0700. The van der Waals surface area contributed by atoms with Crippen LogP contribution in [0.1, 0.15) is 29.6 Å². The molecule has 0 atom stereocenters. The molecular formula is C12H18FN3O2. The van der Waals surface area contributed by atoms with E-state index in [-0.39, 0.29) is 11.4 Å². The molecule has 0 unspecified atom stereocenters. The van der Waals surface area contributed by atoms with Gasteiger partial charge in [0.1, 0.15) is 0 Å². The zero-order valence-corrected chi connectivity index (χ0v) is 10.4. The van der Waals surface area contributed by atoms with Crippen LogP contribution in [0.15, 0.2) is 12.3 Å². The number of amides is 1. The van der Waals surface area contributed by atoms with Crippen LogP contribution < -0.4 is 11.1 Å². The number of halogens is 1. The van der Waals surface area contributed by atoms with Gasteiger partial charge in [-0.15, -0.1) is 0 Å². The van der Waals surface area contributed by atoms with Crippen molar-refractivity contribution in [2.75, 3.05) is 26.0 Å². The second-order valence-corrected chi connectivity index (χ2v) is 3.87. The lowest BCUT2D eigenvalue weighted by Gasteiger charge is -2.06. The van der Waals surface area contributed by atoms with E-state index in [1.165, 1.54) is 12.3 Å². The van der Waals surface area contributed by atoms with Gasteiger partial charge in [0.25, 0.3) is 5.91 Å². The summed E-state index contributed by atoms with van der Waals surface area (Å²) in [5.41, 5.74) is 5.22. The number of carbonyl (C=O) groups is 1. The van der Waals surface area contributed by atoms with Gasteiger partial charge in [0.05, 0.1) is 5.56 Å². The van der Waals surface area contributed by atoms with Crippen LogP contribution in [-0.4, -0.2) is 31.2 Å². The second-order valence-electron chi connectivity index (χ2n) is 3.87. The van der Waals surface area contributed by atoms with E-state index in [0.29, 0.717) is 13.2 Å². The van der Waals surface area contributed by atoms with Crippen molar-refractivity contribution in [2.45, 2.75) is 19.3 Å². The highest BCUT2D eigenvalue weighted by molar-refractivity contribution is 5.95. The number of nitrogen functional groups attached to an aromatic ring is 1. The summed E-state index contributed by atoms with van der Waals surface area (Å²) in [4.78, 5) is 15.2. The van der Waals surface area contributed by atoms with Crippen LogP contribution in [-0.2, 0) is 4.74 Å². The Morgan fingerprint density at radius 1 is 1.50 bits per heavy atom. The van der Waals surface area contributed by atoms with E-state index in [2.05, 4.69) is 10.3 Å². The molecule has 0 fully saturated rings. The normalized spacial score (nSPS) is 10.3. The van der Waals surface area contributed by atoms with Crippen molar-refractivity contribution in [3.05, 3.63) is 23.6 Å². The fraction of sp³-hybridized carbons (Fsp3) is 0.500. The molecule has 3 N–H and O–H groups in total. The first-order valence-electron chi connectivity index (χ1n) is 5.84. The summed E-state index contributed by atoms with van der Waals surface area (Å²) in [6.07, 6.45) is 4.04. The Kier molecular flexibility index (Phi) is 6.07. The van der Waals surface area contributed by atoms with Gasteiger partial charge in [-0.05, 0) is 25.3 Å². The summed E-state index contributed by atoms with van der Waals surface area (Å²) in [5.74, 6) is -1.49. The van der Waals surface area contributed by atoms with E-state index in [9.17, 15) is 9.18 Å². The topological polar surface area (TPSA) is 77.2 Å². The molecule has 18 heavy (non-hydrogen) atoms. The maximum absolute atomic E-state index is 13.5. The van der Waals surface area contributed by atoms with E-state index in [1.54, 1.807) is 7.11 Å². The molecule has 0 saturated carbocycles. The lowest BCUT2D eigenvalue weighted by molar-refractivity contribution is 0.0948. The minimum Gasteiger partial charge on any atom is -0.385 e. The van der Waals surface area contributed by atoms with Crippen molar-refractivity contribution >= 4 is 11.7 Å². The van der Waals surface area contributed by atoms with Crippen LogP contribution in [0.3, 0.4) is 0 Å². The Labute approximate surface area is 106 Å². The molecule has 1 aromatic heterocycles. The van der Waals surface area contributed by atoms with E-state index < -0.39 is 11.7 Å². The number of nitrogens with zero attached hydrogens (tertiary/aromatic N) is 1. The summed E-state index contributed by atoms with van der Waals surface area (Å²) in [6.45, 7) is 1.22. The number of hydrogen-bond donors (Lipinski definition) is 2. The van der Waals surface area contributed by atoms with Gasteiger partial charge in [-0.25, -0.2) is 9.37 Å². The number of pyridine rings is 1. The maximum atomic E-state index is 13.5. The number of rotatable bonds is 7. The van der Waals surface area contributed by atoms with Crippen molar-refractivity contribution < 1.29 is 13.9 Å². The van der Waals surface area contributed by atoms with E-state index in [0.717, 1.165) is 19.3 Å². The molecule has 1 aromatic rings. The Morgan fingerprint density at radius 2 is 2.28 bits per heavy atom. The average Bonchev–Trinajstić information content (AvgIpc) is 2.36. The zero-order chi connectivity index (χ0) is 13.4. The molecule has 1 heterocycles. The van der Waals surface area contributed by atoms with Gasteiger partial charge >= 0.3 is 0 Å². The van der Waals surface area contributed by atoms with Crippen LogP contribution in [0.2, 0.25) is 0 Å². The quantitative estimate of drug-likeness (QED) is 0.721. The van der Waals surface area contributed by atoms with E-state index >= 15 is 0 Å². The third-order valence-electron chi connectivity index (χ3n) is 2.47. The van der Waals surface area contributed by atoms with Gasteiger partial charge < -0.3 is 15.8 Å². The smallest absolute Gasteiger partial charge is 0.254 e. The van der Waals surface area contributed by atoms with Crippen LogP contribution in [0.25, 0.3) is 0 Å². The van der Waals surface area contributed by atoms with Crippen molar-refractivity contribution in [1.29, 1.82) is 0 Å². The lowest BCUT2D eigenvalue weighted by Crippen LogP contribution is -2.25. The maximum Gasteiger partial charge on any atom is 0.254 e. The SMILES string of the molecule is COCCCCCNC(=O)c1ccnc(N)c1F. The number of methoxy groups -OCH3 is 1. The van der Waals surface area contributed by atoms with Crippen LogP contribution in [0.5, 0.6) is 0 Å². The first-order valence-corrected chi connectivity index (χ1v) is 5.84. The van der Waals surface area contributed by atoms with E-state index in [4.69, 9.17) is 10.5 Å². The molecule has 0 radical (unpaired) electrons. The number of ether oxygens (including phenoxy) is 1. The highest BCUT2D eigenvalue weighted by Crippen LogP contribution is 2.11. The minimum atomic E-state index is -0.769. The Bertz CT molecular complexity index is 399. The van der Waals surface area contributed by atoms with Crippen molar-refractivity contribution in [3.63, 3.8) is 0 Å². The molecule has 5 nitrogen and oxygen atoms in total. The molecular weight excluding hydrogens is 237 g/mol. The predicted molar refractivity (Wildman–Crippen MR) is 66.7 cm³/mol. The average molecular weight is 255 g/mol. The Balaban J connectivity index is 2.35. The number of anilines is 1. The molecule has 0 aliphatic carbocycles. The molecule has 1 rings (SSSR count). The molecule has 100 valence electrons. The first-order chi connectivity index (χ1) is 8.66. The highest BCUT2D eigenvalue weighted by atomic mass is 19.1. The van der Waals surface area contributed by atoms with Gasteiger partial charge in [-0.2, -0.15) is 0 Å². The first kappa shape index (κ1) is 14.4. The largest absolute Gasteiger partial charge is 0.385 e. The standard InChI is InChI=1S/C12H18FN3O2/c1-18-8-4-2-3-6-16-12(17)9-5-7-15-11(14)10(9)13/h5,7H,2-4,6,8H2,1H3,(H2,14,15)(H,16,17). The Morgan fingerprint density at radius 3 is 3.00 bits per heavy atom. The monoisotopic (exact) mass is 255 g/mol. The van der Waals surface area contributed by atoms with Crippen molar-refractivity contribution in [2.24, 2.45) is 0 Å². The summed E-state index contributed by atoms with van der Waals surface area (Å²) < 4.78 is 18.4. The van der Waals surface area contributed by atoms with Crippen LogP contribution in [0, 0.1) is 5.82 Å². The lowest BCUT2D eigenvalue weighted by atomic mass is 10.2. The number of nitrogens with two attached hydrogens (primary N) is 1. The number of aromatic nitrogens is 1. The molecule has 0 bridgehead atoms. The number of carbonyl (C=O) groups excluding carboxylic acids is 1. The summed E-state index contributed by atoms with van der Waals surface area (Å²) >= 11 is 0. The van der Waals surface area contributed by atoms with Gasteiger partial charge in [0.15, 0.2) is 11.6 Å². The molecule has 0 aliphatic rings. The summed E-state index contributed by atoms with van der Waals surface area (Å²) in [7, 11) is 1.65. The van der Waals surface area contributed by atoms with Crippen molar-refractivity contribution in [3.8, 4) is 0 Å². The van der Waals surface area contributed by atoms with E-state index in [1.807, 2.05) is 0 Å². The number of unbranched alkanes of at least 4 members (excludes halogenated alkanes) is 2. The third kappa shape index (κ3) is 4.29. The van der Waals surface area contributed by atoms with Gasteiger partial charge in [0.2, 0.25) is 0 Å². The summed E-state index contributed by atoms with van der Waals surface area (Å²) in [6, 6.07) is 1.31. The van der Waals surface area contributed by atoms with Crippen molar-refractivity contribution in [1.82, 2.24) is 10.3 Å². The number of hydrogen-bond acceptors (Lipinski definition) is 4. The van der Waals surface area contributed by atoms with Crippen LogP contribution in [0.4, 0.5) is 10.2 Å². The molecule has 0 aromatic carbocycles. The fourth-order valence-electron chi connectivity index (χ4n) is 1.48. The summed E-state index contributed by atoms with van der Waals surface area (Å²) in [5, 5.41) is 2.64. The third-order valence-corrected chi connectivity index (χ3v) is 2.47. The second kappa shape index (κ2) is 7.60. The highest BCUT2D eigenvalue weighted by Gasteiger charge is 2.13. The fourth-order valence-corrected chi connectivity index (χ4v) is 1.48. The molecule has 0 spiro atoms. The molecule has 0 aliphatic heterocycles. The van der Waals surface area contributed by atoms with Gasteiger partial charge in [-0.1, -0.05) is 0 Å².